The number of fused-ring (bicyclic) bond motifs is 1. The van der Waals surface area contributed by atoms with Crippen LogP contribution in [0.1, 0.15) is 22.8 Å². The maximum atomic E-state index is 12.8. The molecule has 4 rings (SSSR count). The molecule has 0 aliphatic heterocycles. The van der Waals surface area contributed by atoms with E-state index < -0.39 is 17.6 Å². The van der Waals surface area contributed by atoms with Crippen LogP contribution in [0.2, 0.25) is 0 Å². The van der Waals surface area contributed by atoms with E-state index in [0.717, 1.165) is 34.6 Å². The predicted octanol–water partition coefficient (Wildman–Crippen LogP) is 6.23. The number of amides is 1. The van der Waals surface area contributed by atoms with E-state index in [1.54, 1.807) is 17.5 Å². The third-order valence-electron chi connectivity index (χ3n) is 4.23. The van der Waals surface area contributed by atoms with Crippen LogP contribution in [0.25, 0.3) is 22.4 Å². The Balaban J connectivity index is 1.53. The summed E-state index contributed by atoms with van der Waals surface area (Å²) in [4.78, 5) is 16.6. The van der Waals surface area contributed by atoms with Crippen molar-refractivity contribution in [3.05, 3.63) is 65.0 Å². The molecule has 0 aliphatic rings. The lowest BCUT2D eigenvalue weighted by Crippen LogP contribution is -2.13. The standard InChI is InChI=1S/C21H15F3N2O3S/c1-2-28-15-6-7-17-13(9-15)10-18(29-17)16-11-30-20(25-16)26-19(27)12-4-3-5-14(8-12)21(22,23)24/h3-11H,2H2,1H3,(H,25,26,27). The predicted molar refractivity (Wildman–Crippen MR) is 108 cm³/mol. The van der Waals surface area contributed by atoms with Gasteiger partial charge in [-0.3, -0.25) is 10.1 Å². The number of aromatic nitrogens is 1. The summed E-state index contributed by atoms with van der Waals surface area (Å²) in [5, 5.41) is 5.32. The normalized spacial score (nSPS) is 11.6. The second-order valence-corrected chi connectivity index (χ2v) is 7.17. The summed E-state index contributed by atoms with van der Waals surface area (Å²) in [7, 11) is 0. The number of alkyl halides is 3. The number of thiazole rings is 1. The van der Waals surface area contributed by atoms with E-state index in [0.29, 0.717) is 23.6 Å². The molecule has 0 radical (unpaired) electrons. The van der Waals surface area contributed by atoms with Crippen LogP contribution in [0.5, 0.6) is 5.75 Å². The Hall–Kier alpha value is -3.33. The van der Waals surface area contributed by atoms with Gasteiger partial charge in [0.2, 0.25) is 0 Å². The van der Waals surface area contributed by atoms with Gasteiger partial charge >= 0.3 is 6.18 Å². The average molecular weight is 432 g/mol. The van der Waals surface area contributed by atoms with Gasteiger partial charge in [0.15, 0.2) is 10.9 Å². The smallest absolute Gasteiger partial charge is 0.416 e. The van der Waals surface area contributed by atoms with Crippen molar-refractivity contribution in [2.75, 3.05) is 11.9 Å². The molecule has 4 aromatic rings. The second kappa shape index (κ2) is 7.83. The van der Waals surface area contributed by atoms with E-state index in [4.69, 9.17) is 9.15 Å². The summed E-state index contributed by atoms with van der Waals surface area (Å²) < 4.78 is 49.8. The number of nitrogens with zero attached hydrogens (tertiary/aromatic N) is 1. The molecule has 9 heteroatoms. The molecule has 2 aromatic carbocycles. The van der Waals surface area contributed by atoms with E-state index in [1.165, 1.54) is 12.1 Å². The number of ether oxygens (including phenoxy) is 1. The van der Waals surface area contributed by atoms with Crippen LogP contribution in [-0.4, -0.2) is 17.5 Å². The third kappa shape index (κ3) is 4.16. The van der Waals surface area contributed by atoms with Crippen molar-refractivity contribution in [1.29, 1.82) is 0 Å². The lowest BCUT2D eigenvalue weighted by Gasteiger charge is -2.08. The Bertz CT molecular complexity index is 1210. The zero-order valence-electron chi connectivity index (χ0n) is 15.6. The van der Waals surface area contributed by atoms with Crippen molar-refractivity contribution in [1.82, 2.24) is 4.98 Å². The fourth-order valence-electron chi connectivity index (χ4n) is 2.85. The first-order valence-corrected chi connectivity index (χ1v) is 9.82. The first-order chi connectivity index (χ1) is 14.3. The number of halogens is 3. The lowest BCUT2D eigenvalue weighted by molar-refractivity contribution is -0.137. The molecule has 154 valence electrons. The van der Waals surface area contributed by atoms with E-state index >= 15 is 0 Å². The van der Waals surface area contributed by atoms with Gasteiger partial charge in [0.1, 0.15) is 17.0 Å². The van der Waals surface area contributed by atoms with E-state index in [-0.39, 0.29) is 10.7 Å². The molecule has 0 saturated carbocycles. The van der Waals surface area contributed by atoms with E-state index in [1.807, 2.05) is 19.1 Å². The Morgan fingerprint density at radius 3 is 2.80 bits per heavy atom. The Kier molecular flexibility index (Phi) is 5.21. The maximum Gasteiger partial charge on any atom is 0.416 e. The molecule has 0 fully saturated rings. The van der Waals surface area contributed by atoms with E-state index in [9.17, 15) is 18.0 Å². The monoisotopic (exact) mass is 432 g/mol. The molecular formula is C21H15F3N2O3S. The number of benzene rings is 2. The average Bonchev–Trinajstić information content (AvgIpc) is 3.34. The molecule has 0 aliphatic carbocycles. The number of furan rings is 1. The fourth-order valence-corrected chi connectivity index (χ4v) is 3.55. The van der Waals surface area contributed by atoms with Crippen molar-refractivity contribution in [2.24, 2.45) is 0 Å². The Morgan fingerprint density at radius 2 is 2.03 bits per heavy atom. The van der Waals surface area contributed by atoms with E-state index in [2.05, 4.69) is 10.3 Å². The zero-order valence-corrected chi connectivity index (χ0v) is 16.4. The van der Waals surface area contributed by atoms with Crippen LogP contribution in [0.4, 0.5) is 18.3 Å². The topological polar surface area (TPSA) is 64.4 Å². The van der Waals surface area contributed by atoms with Crippen LogP contribution in [0.3, 0.4) is 0 Å². The molecule has 2 aromatic heterocycles. The number of anilines is 1. The Labute approximate surface area is 173 Å². The minimum Gasteiger partial charge on any atom is -0.494 e. The lowest BCUT2D eigenvalue weighted by atomic mass is 10.1. The van der Waals surface area contributed by atoms with Gasteiger partial charge < -0.3 is 9.15 Å². The van der Waals surface area contributed by atoms with Crippen molar-refractivity contribution in [2.45, 2.75) is 13.1 Å². The zero-order chi connectivity index (χ0) is 21.3. The van der Waals surface area contributed by atoms with Crippen LogP contribution >= 0.6 is 11.3 Å². The van der Waals surface area contributed by atoms with Gasteiger partial charge in [-0.15, -0.1) is 11.3 Å². The minimum absolute atomic E-state index is 0.103. The van der Waals surface area contributed by atoms with Gasteiger partial charge in [-0.05, 0) is 49.4 Å². The number of rotatable bonds is 5. The van der Waals surface area contributed by atoms with Crippen LogP contribution < -0.4 is 10.1 Å². The number of nitrogens with one attached hydrogen (secondary N) is 1. The van der Waals surface area contributed by atoms with Crippen molar-refractivity contribution in [3.63, 3.8) is 0 Å². The van der Waals surface area contributed by atoms with Crippen LogP contribution in [0, 0.1) is 0 Å². The number of hydrogen-bond donors (Lipinski definition) is 1. The molecule has 0 bridgehead atoms. The SMILES string of the molecule is CCOc1ccc2oc(-c3csc(NC(=O)c4cccc(C(F)(F)F)c4)n3)cc2c1. The van der Waals surface area contributed by atoms with Gasteiger partial charge in [0.25, 0.3) is 5.91 Å². The van der Waals surface area contributed by atoms with Gasteiger partial charge in [0.05, 0.1) is 12.2 Å². The van der Waals surface area contributed by atoms with Crippen LogP contribution in [0.15, 0.2) is 58.3 Å². The van der Waals surface area contributed by atoms with Crippen LogP contribution in [-0.2, 0) is 6.18 Å². The molecule has 1 amide bonds. The maximum absolute atomic E-state index is 12.8. The van der Waals surface area contributed by atoms with Gasteiger partial charge in [-0.2, -0.15) is 13.2 Å². The Morgan fingerprint density at radius 1 is 1.20 bits per heavy atom. The molecule has 2 heterocycles. The van der Waals surface area contributed by atoms with Gasteiger partial charge in [-0.1, -0.05) is 6.07 Å². The molecule has 5 nitrogen and oxygen atoms in total. The summed E-state index contributed by atoms with van der Waals surface area (Å²) in [6, 6.07) is 11.5. The second-order valence-electron chi connectivity index (χ2n) is 6.31. The van der Waals surface area contributed by atoms with Crippen molar-refractivity contribution < 1.29 is 27.1 Å². The summed E-state index contributed by atoms with van der Waals surface area (Å²) in [5.74, 6) is 0.562. The largest absolute Gasteiger partial charge is 0.494 e. The molecule has 0 spiro atoms. The summed E-state index contributed by atoms with van der Waals surface area (Å²) in [6.07, 6.45) is -4.52. The summed E-state index contributed by atoms with van der Waals surface area (Å²) in [5.41, 5.74) is 0.182. The highest BCUT2D eigenvalue weighted by atomic mass is 32.1. The highest BCUT2D eigenvalue weighted by Crippen LogP contribution is 2.33. The fraction of sp³-hybridized carbons (Fsp3) is 0.143. The third-order valence-corrected chi connectivity index (χ3v) is 4.99. The molecule has 0 atom stereocenters. The summed E-state index contributed by atoms with van der Waals surface area (Å²) in [6.45, 7) is 2.45. The number of carbonyl (C=O) groups excluding carboxylic acids is 1. The minimum atomic E-state index is -4.52. The number of carbonyl (C=O) groups is 1. The first kappa shape index (κ1) is 20.0. The van der Waals surface area contributed by atoms with Crippen molar-refractivity contribution in [3.8, 4) is 17.2 Å². The van der Waals surface area contributed by atoms with Crippen molar-refractivity contribution >= 4 is 33.3 Å². The molecule has 30 heavy (non-hydrogen) atoms. The molecule has 0 unspecified atom stereocenters. The number of hydrogen-bond acceptors (Lipinski definition) is 5. The van der Waals surface area contributed by atoms with Gasteiger partial charge in [0, 0.05) is 16.3 Å². The highest BCUT2D eigenvalue weighted by Gasteiger charge is 2.31. The van der Waals surface area contributed by atoms with Gasteiger partial charge in [-0.25, -0.2) is 4.98 Å². The molecular weight excluding hydrogens is 417 g/mol. The molecule has 1 N–H and O–H groups in total. The molecule has 0 saturated heterocycles. The highest BCUT2D eigenvalue weighted by molar-refractivity contribution is 7.14. The first-order valence-electron chi connectivity index (χ1n) is 8.94. The summed E-state index contributed by atoms with van der Waals surface area (Å²) >= 11 is 1.15. The quantitative estimate of drug-likeness (QED) is 0.406.